The maximum absolute atomic E-state index is 11.8. The Morgan fingerprint density at radius 3 is 2.08 bits per heavy atom. The molecule has 0 atom stereocenters. The fraction of sp³-hybridized carbons (Fsp3) is 0.714. The first-order valence-electron chi connectivity index (χ1n) is 9.93. The van der Waals surface area contributed by atoms with E-state index in [0.29, 0.717) is 18.6 Å². The van der Waals surface area contributed by atoms with Gasteiger partial charge in [-0.25, -0.2) is 0 Å². The molecule has 3 nitrogen and oxygen atoms in total. The summed E-state index contributed by atoms with van der Waals surface area (Å²) in [5.41, 5.74) is 0. The first-order valence-corrected chi connectivity index (χ1v) is 10.7. The van der Waals surface area contributed by atoms with E-state index >= 15 is 0 Å². The molecule has 142 valence electrons. The number of hydrogen-bond acceptors (Lipinski definition) is 3. The van der Waals surface area contributed by atoms with Gasteiger partial charge in [-0.3, -0.25) is 9.59 Å². The van der Waals surface area contributed by atoms with Gasteiger partial charge in [0.25, 0.3) is 0 Å². The number of aliphatic carboxylic acids is 1. The van der Waals surface area contributed by atoms with Crippen LogP contribution >= 0.6 is 11.3 Å². The van der Waals surface area contributed by atoms with Gasteiger partial charge in [0.2, 0.25) is 0 Å². The first-order chi connectivity index (χ1) is 12.1. The second kappa shape index (κ2) is 14.1. The van der Waals surface area contributed by atoms with E-state index in [0.717, 1.165) is 51.4 Å². The van der Waals surface area contributed by atoms with Gasteiger partial charge in [-0.15, -0.1) is 11.3 Å². The third-order valence-corrected chi connectivity index (χ3v) is 5.70. The van der Waals surface area contributed by atoms with E-state index in [1.807, 2.05) is 11.3 Å². The number of Topliss-reactive ketones (excluding diaryl/α,β-unsaturated/α-hetero) is 1. The van der Waals surface area contributed by atoms with Crippen LogP contribution in [0.15, 0.2) is 12.1 Å². The van der Waals surface area contributed by atoms with Crippen molar-refractivity contribution >= 4 is 23.1 Å². The lowest BCUT2D eigenvalue weighted by atomic mass is 10.1. The summed E-state index contributed by atoms with van der Waals surface area (Å²) in [6.45, 7) is 2.16. The van der Waals surface area contributed by atoms with Crippen molar-refractivity contribution in [2.75, 3.05) is 0 Å². The largest absolute Gasteiger partial charge is 0.481 e. The number of ketones is 1. The summed E-state index contributed by atoms with van der Waals surface area (Å²) in [4.78, 5) is 25.0. The van der Waals surface area contributed by atoms with Crippen molar-refractivity contribution in [1.29, 1.82) is 0 Å². The lowest BCUT2D eigenvalue weighted by molar-refractivity contribution is -0.137. The van der Waals surface area contributed by atoms with Crippen LogP contribution in [0.4, 0.5) is 0 Å². The molecule has 0 fully saturated rings. The average Bonchev–Trinajstić information content (AvgIpc) is 3.03. The van der Waals surface area contributed by atoms with Crippen LogP contribution in [0.1, 0.15) is 93.7 Å². The predicted molar refractivity (Wildman–Crippen MR) is 105 cm³/mol. The standard InChI is InChI=1S/C21H34O3S/c1-2-3-8-11-18(22)14-15-20-17-16-19(25-20)12-9-6-4-5-7-10-13-21(23)24/h16-17H,2-15H2,1H3,(H,23,24). The van der Waals surface area contributed by atoms with E-state index < -0.39 is 5.97 Å². The van der Waals surface area contributed by atoms with Crippen molar-refractivity contribution in [3.8, 4) is 0 Å². The highest BCUT2D eigenvalue weighted by Gasteiger charge is 2.05. The highest BCUT2D eigenvalue weighted by atomic mass is 32.1. The Hall–Kier alpha value is -1.16. The van der Waals surface area contributed by atoms with Gasteiger partial charge in [0.05, 0.1) is 0 Å². The molecule has 1 N–H and O–H groups in total. The van der Waals surface area contributed by atoms with Gasteiger partial charge in [0.1, 0.15) is 5.78 Å². The Morgan fingerprint density at radius 2 is 1.40 bits per heavy atom. The lowest BCUT2D eigenvalue weighted by Crippen LogP contribution is -1.99. The molecule has 25 heavy (non-hydrogen) atoms. The van der Waals surface area contributed by atoms with E-state index in [9.17, 15) is 9.59 Å². The topological polar surface area (TPSA) is 54.4 Å². The smallest absolute Gasteiger partial charge is 0.303 e. The van der Waals surface area contributed by atoms with Gasteiger partial charge in [0.15, 0.2) is 0 Å². The van der Waals surface area contributed by atoms with Crippen LogP contribution in [0.3, 0.4) is 0 Å². The minimum absolute atomic E-state index is 0.305. The van der Waals surface area contributed by atoms with Crippen LogP contribution in [0.25, 0.3) is 0 Å². The molecular weight excluding hydrogens is 332 g/mol. The summed E-state index contributed by atoms with van der Waals surface area (Å²) >= 11 is 1.86. The Morgan fingerprint density at radius 1 is 0.800 bits per heavy atom. The zero-order chi connectivity index (χ0) is 18.3. The van der Waals surface area contributed by atoms with Crippen LogP contribution in [0.5, 0.6) is 0 Å². The minimum Gasteiger partial charge on any atom is -0.481 e. The molecule has 0 spiro atoms. The number of carbonyl (C=O) groups is 2. The Kier molecular flexibility index (Phi) is 12.3. The van der Waals surface area contributed by atoms with Crippen LogP contribution in [0, 0.1) is 0 Å². The van der Waals surface area contributed by atoms with Crippen LogP contribution < -0.4 is 0 Å². The molecule has 0 saturated heterocycles. The van der Waals surface area contributed by atoms with Crippen molar-refractivity contribution in [2.45, 2.75) is 96.8 Å². The second-order valence-corrected chi connectivity index (χ2v) is 8.13. The van der Waals surface area contributed by atoms with E-state index in [1.165, 1.54) is 35.4 Å². The molecule has 1 aromatic rings. The van der Waals surface area contributed by atoms with Gasteiger partial charge in [0, 0.05) is 29.0 Å². The molecule has 0 aliphatic carbocycles. The number of rotatable bonds is 16. The molecule has 0 amide bonds. The van der Waals surface area contributed by atoms with Crippen LogP contribution in [0.2, 0.25) is 0 Å². The molecule has 1 heterocycles. The van der Waals surface area contributed by atoms with Crippen molar-refractivity contribution in [3.05, 3.63) is 21.9 Å². The molecule has 0 aliphatic heterocycles. The zero-order valence-electron chi connectivity index (χ0n) is 15.7. The maximum Gasteiger partial charge on any atom is 0.303 e. The molecule has 0 unspecified atom stereocenters. The van der Waals surface area contributed by atoms with Crippen molar-refractivity contribution in [1.82, 2.24) is 0 Å². The summed E-state index contributed by atoms with van der Waals surface area (Å²) in [5.74, 6) is -0.276. The number of carboxylic acids is 1. The van der Waals surface area contributed by atoms with E-state index in [1.54, 1.807) is 0 Å². The molecular formula is C21H34O3S. The van der Waals surface area contributed by atoms with E-state index in [4.69, 9.17) is 5.11 Å². The van der Waals surface area contributed by atoms with Crippen molar-refractivity contribution < 1.29 is 14.7 Å². The third-order valence-electron chi connectivity index (χ3n) is 4.49. The Labute approximate surface area is 156 Å². The SMILES string of the molecule is CCCCCC(=O)CCc1ccc(CCCCCCCCC(=O)O)s1. The predicted octanol–water partition coefficient (Wildman–Crippen LogP) is 6.19. The molecule has 1 rings (SSSR count). The summed E-state index contributed by atoms with van der Waals surface area (Å²) in [5, 5.41) is 8.58. The number of carboxylic acid groups (broad SMARTS) is 1. The van der Waals surface area contributed by atoms with Gasteiger partial charge >= 0.3 is 5.97 Å². The van der Waals surface area contributed by atoms with Crippen LogP contribution in [-0.2, 0) is 22.4 Å². The van der Waals surface area contributed by atoms with E-state index in [-0.39, 0.29) is 0 Å². The highest BCUT2D eigenvalue weighted by molar-refractivity contribution is 7.12. The molecule has 0 radical (unpaired) electrons. The molecule has 0 bridgehead atoms. The fourth-order valence-corrected chi connectivity index (χ4v) is 3.99. The molecule has 4 heteroatoms. The van der Waals surface area contributed by atoms with Gasteiger partial charge in [-0.05, 0) is 44.2 Å². The lowest BCUT2D eigenvalue weighted by Gasteiger charge is -2.01. The van der Waals surface area contributed by atoms with Gasteiger partial charge < -0.3 is 5.11 Å². The van der Waals surface area contributed by atoms with Gasteiger partial charge in [-0.1, -0.05) is 45.4 Å². The van der Waals surface area contributed by atoms with Crippen molar-refractivity contribution in [3.63, 3.8) is 0 Å². The molecule has 1 aromatic heterocycles. The second-order valence-electron chi connectivity index (χ2n) is 6.88. The number of thiophene rings is 1. The monoisotopic (exact) mass is 366 g/mol. The summed E-state index contributed by atoms with van der Waals surface area (Å²) < 4.78 is 0. The number of carbonyl (C=O) groups excluding carboxylic acids is 1. The van der Waals surface area contributed by atoms with Gasteiger partial charge in [-0.2, -0.15) is 0 Å². The summed E-state index contributed by atoms with van der Waals surface area (Å²) in [6, 6.07) is 4.40. The normalized spacial score (nSPS) is 10.9. The van der Waals surface area contributed by atoms with Crippen LogP contribution in [-0.4, -0.2) is 16.9 Å². The maximum atomic E-state index is 11.8. The quantitative estimate of drug-likeness (QED) is 0.355. The average molecular weight is 367 g/mol. The summed E-state index contributed by atoms with van der Waals surface area (Å²) in [7, 11) is 0. The number of hydrogen-bond donors (Lipinski definition) is 1. The number of aryl methyl sites for hydroxylation is 2. The Balaban J connectivity index is 2.05. The number of unbranched alkanes of at least 4 members (excludes halogenated alkanes) is 7. The van der Waals surface area contributed by atoms with Crippen molar-refractivity contribution in [2.24, 2.45) is 0 Å². The molecule has 0 aliphatic rings. The third kappa shape index (κ3) is 11.9. The minimum atomic E-state index is -0.684. The molecule has 0 saturated carbocycles. The highest BCUT2D eigenvalue weighted by Crippen LogP contribution is 2.21. The molecule has 0 aromatic carbocycles. The van der Waals surface area contributed by atoms with E-state index in [2.05, 4.69) is 19.1 Å². The zero-order valence-corrected chi connectivity index (χ0v) is 16.5. The first kappa shape index (κ1) is 21.9. The fourth-order valence-electron chi connectivity index (χ4n) is 2.93. The summed E-state index contributed by atoms with van der Waals surface area (Å²) in [6.07, 6.45) is 13.8. The Bertz CT molecular complexity index is 493.